The van der Waals surface area contributed by atoms with Crippen LogP contribution in [0.1, 0.15) is 19.4 Å². The molecule has 0 amide bonds. The third kappa shape index (κ3) is 2.17. The number of rotatable bonds is 2. The molecule has 0 aromatic heterocycles. The number of phenolic OH excluding ortho intramolecular Hbond substituents is 1. The molecule has 0 fully saturated rings. The predicted molar refractivity (Wildman–Crippen MR) is 57.1 cm³/mol. The molecule has 0 heterocycles. The summed E-state index contributed by atoms with van der Waals surface area (Å²) in [5.41, 5.74) is 6.21. The predicted octanol–water partition coefficient (Wildman–Crippen LogP) is 2.31. The minimum absolute atomic E-state index is 0.308. The van der Waals surface area contributed by atoms with Crippen molar-refractivity contribution in [3.63, 3.8) is 0 Å². The Morgan fingerprint density at radius 2 is 2.00 bits per heavy atom. The maximum absolute atomic E-state index is 9.82. The van der Waals surface area contributed by atoms with E-state index in [4.69, 9.17) is 5.73 Å². The number of thioether (sulfide) groups is 1. The molecule has 1 aromatic carbocycles. The largest absolute Gasteiger partial charge is 0.506 e. The molecule has 3 N–H and O–H groups in total. The van der Waals surface area contributed by atoms with E-state index >= 15 is 0 Å². The molecule has 0 aliphatic heterocycles. The molecular formula is C10H15NOS. The fourth-order valence-electron chi connectivity index (χ4n) is 1.21. The van der Waals surface area contributed by atoms with E-state index in [9.17, 15) is 5.11 Å². The first-order chi connectivity index (χ1) is 5.96. The SMILES string of the molecule is CSc1cccc(C(C)(C)N)c1O. The van der Waals surface area contributed by atoms with Gasteiger partial charge >= 0.3 is 0 Å². The number of benzene rings is 1. The first-order valence-corrected chi connectivity index (χ1v) is 5.34. The molecule has 0 saturated carbocycles. The van der Waals surface area contributed by atoms with E-state index in [1.165, 1.54) is 11.8 Å². The lowest BCUT2D eigenvalue weighted by Crippen LogP contribution is -2.28. The molecule has 0 atom stereocenters. The molecular weight excluding hydrogens is 182 g/mol. The van der Waals surface area contributed by atoms with Crippen LogP contribution in [0, 0.1) is 0 Å². The van der Waals surface area contributed by atoms with Gasteiger partial charge in [-0.2, -0.15) is 0 Å². The molecule has 1 aromatic rings. The van der Waals surface area contributed by atoms with Crippen molar-refractivity contribution < 1.29 is 5.11 Å². The topological polar surface area (TPSA) is 46.2 Å². The normalized spacial score (nSPS) is 11.7. The number of para-hydroxylation sites is 1. The maximum atomic E-state index is 9.82. The third-order valence-corrected chi connectivity index (χ3v) is 2.68. The number of phenols is 1. The highest BCUT2D eigenvalue weighted by molar-refractivity contribution is 7.98. The van der Waals surface area contributed by atoms with Crippen LogP contribution in [0.15, 0.2) is 23.1 Å². The quantitative estimate of drug-likeness (QED) is 0.715. The summed E-state index contributed by atoms with van der Waals surface area (Å²) >= 11 is 1.52. The van der Waals surface area contributed by atoms with Crippen LogP contribution in [0.2, 0.25) is 0 Å². The zero-order valence-corrected chi connectivity index (χ0v) is 8.98. The fourth-order valence-corrected chi connectivity index (χ4v) is 1.72. The molecule has 72 valence electrons. The molecule has 3 heteroatoms. The molecule has 0 aliphatic carbocycles. The van der Waals surface area contributed by atoms with E-state index in [2.05, 4.69) is 0 Å². The van der Waals surface area contributed by atoms with Crippen molar-refractivity contribution in [3.05, 3.63) is 23.8 Å². The molecule has 0 spiro atoms. The molecule has 0 radical (unpaired) electrons. The summed E-state index contributed by atoms with van der Waals surface area (Å²) in [6, 6.07) is 5.65. The van der Waals surface area contributed by atoms with E-state index in [-0.39, 0.29) is 0 Å². The van der Waals surface area contributed by atoms with Crippen LogP contribution in [-0.4, -0.2) is 11.4 Å². The Bertz CT molecular complexity index is 304. The van der Waals surface area contributed by atoms with Crippen molar-refractivity contribution in [2.45, 2.75) is 24.3 Å². The second-order valence-corrected chi connectivity index (χ2v) is 4.43. The summed E-state index contributed by atoms with van der Waals surface area (Å²) < 4.78 is 0. The van der Waals surface area contributed by atoms with Crippen LogP contribution in [0.3, 0.4) is 0 Å². The smallest absolute Gasteiger partial charge is 0.134 e. The van der Waals surface area contributed by atoms with Gasteiger partial charge in [-0.15, -0.1) is 11.8 Å². The van der Waals surface area contributed by atoms with Gasteiger partial charge in [0.15, 0.2) is 0 Å². The Labute approximate surface area is 83.1 Å². The summed E-state index contributed by atoms with van der Waals surface area (Å²) in [5.74, 6) is 0.308. The van der Waals surface area contributed by atoms with Crippen molar-refractivity contribution in [1.29, 1.82) is 0 Å². The van der Waals surface area contributed by atoms with Crippen molar-refractivity contribution in [2.24, 2.45) is 5.73 Å². The molecule has 2 nitrogen and oxygen atoms in total. The van der Waals surface area contributed by atoms with Gasteiger partial charge in [0.05, 0.1) is 0 Å². The lowest BCUT2D eigenvalue weighted by Gasteiger charge is -2.21. The van der Waals surface area contributed by atoms with Gasteiger partial charge in [-0.1, -0.05) is 12.1 Å². The summed E-state index contributed by atoms with van der Waals surface area (Å²) in [6.45, 7) is 3.76. The van der Waals surface area contributed by atoms with Gasteiger partial charge in [0.1, 0.15) is 5.75 Å². The van der Waals surface area contributed by atoms with Crippen LogP contribution < -0.4 is 5.73 Å². The van der Waals surface area contributed by atoms with Gasteiger partial charge < -0.3 is 10.8 Å². The average Bonchev–Trinajstić information content (AvgIpc) is 2.02. The molecule has 0 saturated heterocycles. The maximum Gasteiger partial charge on any atom is 0.134 e. The van der Waals surface area contributed by atoms with E-state index in [0.29, 0.717) is 5.75 Å². The minimum atomic E-state index is -0.490. The van der Waals surface area contributed by atoms with Gasteiger partial charge in [0, 0.05) is 16.0 Å². The molecule has 0 bridgehead atoms. The van der Waals surface area contributed by atoms with Crippen molar-refractivity contribution in [3.8, 4) is 5.75 Å². The van der Waals surface area contributed by atoms with E-state index in [1.807, 2.05) is 38.3 Å². The van der Waals surface area contributed by atoms with Gasteiger partial charge in [0.25, 0.3) is 0 Å². The Hall–Kier alpha value is -0.670. The minimum Gasteiger partial charge on any atom is -0.506 e. The lowest BCUT2D eigenvalue weighted by atomic mass is 9.95. The van der Waals surface area contributed by atoms with E-state index < -0.39 is 5.54 Å². The molecule has 0 aliphatic rings. The van der Waals surface area contributed by atoms with Crippen molar-refractivity contribution in [2.75, 3.05) is 6.26 Å². The van der Waals surface area contributed by atoms with Crippen LogP contribution in [0.5, 0.6) is 5.75 Å². The third-order valence-electron chi connectivity index (χ3n) is 1.91. The van der Waals surface area contributed by atoms with Crippen LogP contribution in [0.4, 0.5) is 0 Å². The molecule has 13 heavy (non-hydrogen) atoms. The summed E-state index contributed by atoms with van der Waals surface area (Å²) in [5, 5.41) is 9.82. The van der Waals surface area contributed by atoms with Crippen LogP contribution >= 0.6 is 11.8 Å². The Morgan fingerprint density at radius 1 is 1.38 bits per heavy atom. The van der Waals surface area contributed by atoms with E-state index in [1.54, 1.807) is 0 Å². The second-order valence-electron chi connectivity index (χ2n) is 3.58. The number of hydrogen-bond acceptors (Lipinski definition) is 3. The Morgan fingerprint density at radius 3 is 2.46 bits per heavy atom. The standard InChI is InChI=1S/C10H15NOS/c1-10(2,11)7-5-4-6-8(13-3)9(7)12/h4-6,12H,11H2,1-3H3. The lowest BCUT2D eigenvalue weighted by molar-refractivity contribution is 0.429. The Balaban J connectivity index is 3.24. The van der Waals surface area contributed by atoms with Crippen LogP contribution in [-0.2, 0) is 5.54 Å². The molecule has 1 rings (SSSR count). The second kappa shape index (κ2) is 3.60. The van der Waals surface area contributed by atoms with E-state index in [0.717, 1.165) is 10.5 Å². The zero-order chi connectivity index (χ0) is 10.1. The number of aromatic hydroxyl groups is 1. The first-order valence-electron chi connectivity index (χ1n) is 4.12. The van der Waals surface area contributed by atoms with Crippen LogP contribution in [0.25, 0.3) is 0 Å². The number of nitrogens with two attached hydrogens (primary N) is 1. The highest BCUT2D eigenvalue weighted by Gasteiger charge is 2.19. The highest BCUT2D eigenvalue weighted by atomic mass is 32.2. The summed E-state index contributed by atoms with van der Waals surface area (Å²) in [6.07, 6.45) is 1.93. The average molecular weight is 197 g/mol. The van der Waals surface area contributed by atoms with Gasteiger partial charge in [0.2, 0.25) is 0 Å². The Kier molecular flexibility index (Phi) is 2.88. The van der Waals surface area contributed by atoms with Gasteiger partial charge in [-0.25, -0.2) is 0 Å². The summed E-state index contributed by atoms with van der Waals surface area (Å²) in [7, 11) is 0. The van der Waals surface area contributed by atoms with Crippen molar-refractivity contribution >= 4 is 11.8 Å². The van der Waals surface area contributed by atoms with Gasteiger partial charge in [-0.3, -0.25) is 0 Å². The number of hydrogen-bond donors (Lipinski definition) is 2. The summed E-state index contributed by atoms with van der Waals surface area (Å²) in [4.78, 5) is 0.871. The monoisotopic (exact) mass is 197 g/mol. The van der Waals surface area contributed by atoms with Crippen molar-refractivity contribution in [1.82, 2.24) is 0 Å². The van der Waals surface area contributed by atoms with Gasteiger partial charge in [-0.05, 0) is 26.2 Å². The highest BCUT2D eigenvalue weighted by Crippen LogP contribution is 2.34. The fraction of sp³-hybridized carbons (Fsp3) is 0.400. The first kappa shape index (κ1) is 10.4. The molecule has 0 unspecified atom stereocenters. The zero-order valence-electron chi connectivity index (χ0n) is 8.16.